The predicted octanol–water partition coefficient (Wildman–Crippen LogP) is 3.83. The molecule has 0 aliphatic carbocycles. The number of alkyl halides is 3. The van der Waals surface area contributed by atoms with Crippen LogP contribution in [-0.2, 0) is 9.53 Å². The molecule has 4 rings (SSSR count). The van der Waals surface area contributed by atoms with E-state index in [0.29, 0.717) is 10.7 Å². The lowest BCUT2D eigenvalue weighted by Crippen LogP contribution is -2.49. The number of thioether (sulfide) groups is 1. The van der Waals surface area contributed by atoms with Crippen LogP contribution in [0, 0.1) is 11.6 Å². The highest BCUT2D eigenvalue weighted by molar-refractivity contribution is 7.98. The summed E-state index contributed by atoms with van der Waals surface area (Å²) in [6.45, 7) is -0.821. The first-order valence-electron chi connectivity index (χ1n) is 11.7. The lowest BCUT2D eigenvalue weighted by atomic mass is 9.99. The van der Waals surface area contributed by atoms with Crippen molar-refractivity contribution in [2.24, 2.45) is 5.73 Å². The number of nitrogens with zero attached hydrogens (tertiary/aromatic N) is 4. The number of benzene rings is 1. The molecule has 3 heterocycles. The third-order valence-corrected chi connectivity index (χ3v) is 6.76. The average molecular weight is 601 g/mol. The molecule has 220 valence electrons. The van der Waals surface area contributed by atoms with Gasteiger partial charge in [-0.1, -0.05) is 0 Å². The zero-order valence-electron chi connectivity index (χ0n) is 21.9. The number of halogens is 5. The van der Waals surface area contributed by atoms with Gasteiger partial charge in [-0.15, -0.1) is 16.9 Å². The average Bonchev–Trinajstić information content (AvgIpc) is 3.37. The quantitative estimate of drug-likeness (QED) is 0.307. The molecule has 41 heavy (non-hydrogen) atoms. The lowest BCUT2D eigenvalue weighted by molar-refractivity contribution is -0.261. The Morgan fingerprint density at radius 3 is 2.44 bits per heavy atom. The van der Waals surface area contributed by atoms with Crippen LogP contribution >= 0.6 is 11.8 Å². The van der Waals surface area contributed by atoms with Crippen molar-refractivity contribution in [3.8, 4) is 5.75 Å². The highest BCUT2D eigenvalue weighted by Gasteiger charge is 2.63. The van der Waals surface area contributed by atoms with E-state index in [9.17, 15) is 31.5 Å². The third kappa shape index (κ3) is 7.00. The van der Waals surface area contributed by atoms with E-state index in [-0.39, 0.29) is 11.4 Å². The molecule has 2 aromatic heterocycles. The highest BCUT2D eigenvalue weighted by Crippen LogP contribution is 2.47. The van der Waals surface area contributed by atoms with Crippen LogP contribution in [0.5, 0.6) is 5.75 Å². The molecule has 2 atom stereocenters. The second-order valence-corrected chi connectivity index (χ2v) is 9.33. The minimum Gasteiger partial charge on any atom is -0.491 e. The van der Waals surface area contributed by atoms with Gasteiger partial charge in [0.1, 0.15) is 6.04 Å². The molecule has 2 unspecified atom stereocenters. The van der Waals surface area contributed by atoms with Gasteiger partial charge in [-0.25, -0.2) is 9.37 Å². The number of pyridine rings is 1. The van der Waals surface area contributed by atoms with Crippen molar-refractivity contribution in [3.05, 3.63) is 66.1 Å². The fourth-order valence-corrected chi connectivity index (χ4v) is 4.44. The summed E-state index contributed by atoms with van der Waals surface area (Å²) in [4.78, 5) is 28.5. The maximum Gasteiger partial charge on any atom is 0.419 e. The third-order valence-electron chi connectivity index (χ3n) is 6.11. The van der Waals surface area contributed by atoms with E-state index in [4.69, 9.17) is 15.2 Å². The van der Waals surface area contributed by atoms with Gasteiger partial charge in [-0.3, -0.25) is 9.59 Å². The largest absolute Gasteiger partial charge is 0.491 e. The van der Waals surface area contributed by atoms with Crippen LogP contribution in [0.3, 0.4) is 0 Å². The molecule has 1 aliphatic heterocycles. The van der Waals surface area contributed by atoms with Gasteiger partial charge in [0, 0.05) is 31.6 Å². The van der Waals surface area contributed by atoms with Crippen LogP contribution in [-0.4, -0.2) is 71.8 Å². The van der Waals surface area contributed by atoms with Crippen molar-refractivity contribution in [3.63, 3.8) is 0 Å². The Balaban J connectivity index is 0.000000436. The summed E-state index contributed by atoms with van der Waals surface area (Å²) in [7, 11) is 1.95. The minimum absolute atomic E-state index is 0.192. The first-order valence-corrected chi connectivity index (χ1v) is 12.9. The number of ether oxygens (including phenoxy) is 2. The molecule has 1 fully saturated rings. The van der Waals surface area contributed by atoms with Gasteiger partial charge in [0.25, 0.3) is 5.91 Å². The van der Waals surface area contributed by atoms with Crippen LogP contribution in [0.25, 0.3) is 0 Å². The lowest BCUT2D eigenvalue weighted by Gasteiger charge is -2.31. The Hall–Kier alpha value is -4.05. The number of rotatable bonds is 7. The Labute approximate surface area is 235 Å². The zero-order valence-corrected chi connectivity index (χ0v) is 22.7. The van der Waals surface area contributed by atoms with Gasteiger partial charge < -0.3 is 25.4 Å². The van der Waals surface area contributed by atoms with Gasteiger partial charge in [-0.05, 0) is 42.7 Å². The van der Waals surface area contributed by atoms with Gasteiger partial charge in [0.15, 0.2) is 22.9 Å². The standard InChI is InChI=1S/C20H20F5N3O3S.C5H5N3O/c1-30-17-13(5-4-12(21)16(17)22)28-10-19(31-2,20(23,24)25)9-14(28)18(29)27-11-6-7-26-15(8-11)32-3;6-5(9)4-2-1-3-7-8-4/h4-8,14H,9-10H2,1-3H3,(H,26,27,29);1-3H,(H2,6,9). The maximum atomic E-state index is 14.3. The summed E-state index contributed by atoms with van der Waals surface area (Å²) in [6, 6.07) is 6.58. The number of nitrogens with one attached hydrogen (secondary N) is 1. The highest BCUT2D eigenvalue weighted by atomic mass is 32.2. The number of methoxy groups -OCH3 is 2. The number of hydrogen-bond acceptors (Lipinski definition) is 9. The molecule has 16 heteroatoms. The Morgan fingerprint density at radius 1 is 1.17 bits per heavy atom. The molecule has 0 spiro atoms. The SMILES string of the molecule is COc1c(N2CC(OC)(C(F)(F)F)CC2C(=O)Nc2ccnc(SC)c2)ccc(F)c1F.NC(=O)c1cccnn1. The number of hydrogen-bond donors (Lipinski definition) is 2. The summed E-state index contributed by atoms with van der Waals surface area (Å²) in [5.41, 5.74) is 2.49. The van der Waals surface area contributed by atoms with Crippen molar-refractivity contribution >= 4 is 35.0 Å². The number of carbonyl (C=O) groups is 2. The fraction of sp³-hybridized carbons (Fsp3) is 0.320. The molecule has 3 N–H and O–H groups in total. The number of aromatic nitrogens is 3. The van der Waals surface area contributed by atoms with E-state index in [1.54, 1.807) is 18.4 Å². The molecule has 0 saturated carbocycles. The van der Waals surface area contributed by atoms with Crippen LogP contribution < -0.4 is 20.7 Å². The molecule has 1 saturated heterocycles. The van der Waals surface area contributed by atoms with E-state index in [0.717, 1.165) is 31.3 Å². The van der Waals surface area contributed by atoms with E-state index < -0.39 is 60.0 Å². The molecule has 1 aliphatic rings. The summed E-state index contributed by atoms with van der Waals surface area (Å²) in [5.74, 6) is -4.54. The summed E-state index contributed by atoms with van der Waals surface area (Å²) in [6.07, 6.45) is -0.892. The fourth-order valence-electron chi connectivity index (χ4n) is 4.03. The van der Waals surface area contributed by atoms with Crippen molar-refractivity contribution in [2.45, 2.75) is 29.3 Å². The summed E-state index contributed by atoms with van der Waals surface area (Å²) in [5, 5.41) is 10.1. The Kier molecular flexibility index (Phi) is 10.0. The molecule has 2 amide bonds. The second-order valence-electron chi connectivity index (χ2n) is 8.51. The normalized spacial score (nSPS) is 18.3. The van der Waals surface area contributed by atoms with Gasteiger partial charge >= 0.3 is 6.18 Å². The van der Waals surface area contributed by atoms with Crippen molar-refractivity contribution < 1.29 is 41.0 Å². The smallest absolute Gasteiger partial charge is 0.419 e. The van der Waals surface area contributed by atoms with Crippen LogP contribution in [0.15, 0.2) is 53.8 Å². The number of carbonyl (C=O) groups excluding carboxylic acids is 2. The second kappa shape index (κ2) is 13.1. The topological polar surface area (TPSA) is 133 Å². The Bertz CT molecular complexity index is 1380. The van der Waals surface area contributed by atoms with E-state index in [2.05, 4.69) is 20.5 Å². The number of amides is 2. The molecule has 3 aromatic rings. The number of primary amides is 1. The van der Waals surface area contributed by atoms with E-state index in [1.807, 2.05) is 0 Å². The number of nitrogens with two attached hydrogens (primary N) is 1. The zero-order chi connectivity index (χ0) is 30.4. The van der Waals surface area contributed by atoms with Crippen molar-refractivity contribution in [2.75, 3.05) is 37.2 Å². The molecule has 10 nitrogen and oxygen atoms in total. The van der Waals surface area contributed by atoms with Gasteiger partial charge in [0.05, 0.1) is 24.4 Å². The van der Waals surface area contributed by atoms with Crippen LogP contribution in [0.2, 0.25) is 0 Å². The van der Waals surface area contributed by atoms with Gasteiger partial charge in [-0.2, -0.15) is 22.7 Å². The predicted molar refractivity (Wildman–Crippen MR) is 140 cm³/mol. The summed E-state index contributed by atoms with van der Waals surface area (Å²) < 4.78 is 79.5. The molecule has 0 bridgehead atoms. The van der Waals surface area contributed by atoms with Crippen LogP contribution in [0.4, 0.5) is 33.3 Å². The van der Waals surface area contributed by atoms with Gasteiger partial charge in [0.2, 0.25) is 11.7 Å². The first kappa shape index (κ1) is 31.5. The van der Waals surface area contributed by atoms with Crippen molar-refractivity contribution in [1.29, 1.82) is 0 Å². The van der Waals surface area contributed by atoms with E-state index in [1.165, 1.54) is 36.3 Å². The minimum atomic E-state index is -4.83. The molecule has 0 radical (unpaired) electrons. The molecular weight excluding hydrogens is 575 g/mol. The molecular formula is C25H25F5N6O4S. The van der Waals surface area contributed by atoms with Crippen molar-refractivity contribution in [1.82, 2.24) is 15.2 Å². The number of anilines is 2. The Morgan fingerprint density at radius 2 is 1.90 bits per heavy atom. The summed E-state index contributed by atoms with van der Waals surface area (Å²) >= 11 is 1.32. The first-order chi connectivity index (χ1) is 19.4. The van der Waals surface area contributed by atoms with E-state index >= 15 is 0 Å². The maximum absolute atomic E-state index is 14.3. The van der Waals surface area contributed by atoms with Crippen LogP contribution in [0.1, 0.15) is 16.9 Å². The monoisotopic (exact) mass is 600 g/mol. The molecule has 1 aromatic carbocycles.